The van der Waals surface area contributed by atoms with Gasteiger partial charge in [-0.15, -0.1) is 0 Å². The van der Waals surface area contributed by atoms with Crippen LogP contribution in [0.2, 0.25) is 5.02 Å². The molecule has 1 aliphatic carbocycles. The summed E-state index contributed by atoms with van der Waals surface area (Å²) < 4.78 is 0. The topological polar surface area (TPSA) is 37.4 Å². The molecular weight excluding hydrogens is 370 g/mol. The first kappa shape index (κ1) is 18.2. The summed E-state index contributed by atoms with van der Waals surface area (Å²) in [6, 6.07) is 24.8. The highest BCUT2D eigenvalue weighted by molar-refractivity contribution is 6.37. The van der Waals surface area contributed by atoms with Crippen LogP contribution in [0.15, 0.2) is 90.6 Å². The first-order valence-corrected chi connectivity index (χ1v) is 9.43. The molecule has 4 heteroatoms. The minimum Gasteiger partial charge on any atom is -0.360 e. The molecule has 28 heavy (non-hydrogen) atoms. The molecule has 0 aromatic heterocycles. The first-order valence-electron chi connectivity index (χ1n) is 9.05. The normalized spacial score (nSPS) is 13.1. The Morgan fingerprint density at radius 3 is 1.86 bits per heavy atom. The van der Waals surface area contributed by atoms with Crippen molar-refractivity contribution in [1.82, 2.24) is 4.90 Å². The SMILES string of the molecule is O=C1C(N(Cc2ccccc2)Cc2ccccc2)=CC(=O)c2c(Cl)cccc21. The molecule has 0 unspecified atom stereocenters. The van der Waals surface area contributed by atoms with Crippen molar-refractivity contribution in [1.29, 1.82) is 0 Å². The van der Waals surface area contributed by atoms with E-state index in [2.05, 4.69) is 0 Å². The molecule has 1 aliphatic rings. The summed E-state index contributed by atoms with van der Waals surface area (Å²) in [6.07, 6.45) is 1.42. The third kappa shape index (κ3) is 3.62. The fourth-order valence-corrected chi connectivity index (χ4v) is 3.70. The summed E-state index contributed by atoms with van der Waals surface area (Å²) in [4.78, 5) is 27.9. The van der Waals surface area contributed by atoms with Gasteiger partial charge in [-0.2, -0.15) is 0 Å². The summed E-state index contributed by atoms with van der Waals surface area (Å²) >= 11 is 6.17. The van der Waals surface area contributed by atoms with Crippen LogP contribution in [0.5, 0.6) is 0 Å². The van der Waals surface area contributed by atoms with Crippen LogP contribution < -0.4 is 0 Å². The Balaban J connectivity index is 1.74. The second-order valence-corrected chi connectivity index (χ2v) is 7.12. The Bertz CT molecular complexity index is 1020. The zero-order valence-electron chi connectivity index (χ0n) is 15.1. The fourth-order valence-electron chi connectivity index (χ4n) is 3.43. The summed E-state index contributed by atoms with van der Waals surface area (Å²) in [5.41, 5.74) is 3.18. The zero-order valence-corrected chi connectivity index (χ0v) is 15.9. The number of halogens is 1. The van der Waals surface area contributed by atoms with E-state index in [9.17, 15) is 9.59 Å². The van der Waals surface area contributed by atoms with E-state index in [0.717, 1.165) is 11.1 Å². The summed E-state index contributed by atoms with van der Waals surface area (Å²) in [5.74, 6) is -0.412. The van der Waals surface area contributed by atoms with Gasteiger partial charge in [0.15, 0.2) is 5.78 Å². The summed E-state index contributed by atoms with van der Waals surface area (Å²) in [5, 5.41) is 0.309. The highest BCUT2D eigenvalue weighted by atomic mass is 35.5. The predicted molar refractivity (Wildman–Crippen MR) is 110 cm³/mol. The number of allylic oxidation sites excluding steroid dienone is 2. The van der Waals surface area contributed by atoms with Crippen molar-refractivity contribution in [2.75, 3.05) is 0 Å². The molecule has 0 saturated heterocycles. The molecular formula is C24H18ClNO2. The van der Waals surface area contributed by atoms with Crippen LogP contribution in [0.25, 0.3) is 0 Å². The molecule has 3 aromatic carbocycles. The second kappa shape index (κ2) is 7.83. The lowest BCUT2D eigenvalue weighted by molar-refractivity contribution is 0.0945. The summed E-state index contributed by atoms with van der Waals surface area (Å²) in [6.45, 7) is 1.05. The van der Waals surface area contributed by atoms with Crippen LogP contribution in [0, 0.1) is 0 Å². The van der Waals surface area contributed by atoms with Crippen LogP contribution in [0.3, 0.4) is 0 Å². The highest BCUT2D eigenvalue weighted by Gasteiger charge is 2.30. The largest absolute Gasteiger partial charge is 0.360 e. The Labute approximate surface area is 168 Å². The van der Waals surface area contributed by atoms with E-state index in [4.69, 9.17) is 11.6 Å². The molecule has 4 rings (SSSR count). The van der Waals surface area contributed by atoms with E-state index in [-0.39, 0.29) is 17.1 Å². The molecule has 0 N–H and O–H groups in total. The lowest BCUT2D eigenvalue weighted by Crippen LogP contribution is -2.31. The maximum Gasteiger partial charge on any atom is 0.209 e. The second-order valence-electron chi connectivity index (χ2n) is 6.71. The number of carbonyl (C=O) groups excluding carboxylic acids is 2. The highest BCUT2D eigenvalue weighted by Crippen LogP contribution is 2.30. The molecule has 0 bridgehead atoms. The van der Waals surface area contributed by atoms with Gasteiger partial charge in [0, 0.05) is 24.7 Å². The van der Waals surface area contributed by atoms with Gasteiger partial charge >= 0.3 is 0 Å². The first-order chi connectivity index (χ1) is 13.6. The van der Waals surface area contributed by atoms with Crippen molar-refractivity contribution >= 4 is 23.2 Å². The molecule has 0 atom stereocenters. The van der Waals surface area contributed by atoms with Crippen LogP contribution in [-0.4, -0.2) is 16.5 Å². The van der Waals surface area contributed by atoms with Gasteiger partial charge in [0.2, 0.25) is 5.78 Å². The molecule has 0 amide bonds. The van der Waals surface area contributed by atoms with Crippen LogP contribution in [0.4, 0.5) is 0 Å². The number of hydrogen-bond acceptors (Lipinski definition) is 3. The maximum absolute atomic E-state index is 13.2. The van der Waals surface area contributed by atoms with Crippen LogP contribution in [0.1, 0.15) is 31.8 Å². The standard InChI is InChI=1S/C24H18ClNO2/c25-20-13-7-12-19-23(20)22(27)14-21(24(19)28)26(15-17-8-3-1-4-9-17)16-18-10-5-2-6-11-18/h1-14H,15-16H2. The van der Waals surface area contributed by atoms with Gasteiger partial charge in [-0.05, 0) is 17.2 Å². The van der Waals surface area contributed by atoms with Gasteiger partial charge in [-0.25, -0.2) is 0 Å². The predicted octanol–water partition coefficient (Wildman–Crippen LogP) is 5.31. The van der Waals surface area contributed by atoms with Crippen LogP contribution in [-0.2, 0) is 13.1 Å². The van der Waals surface area contributed by atoms with Crippen molar-refractivity contribution in [3.8, 4) is 0 Å². The molecule has 0 saturated carbocycles. The van der Waals surface area contributed by atoms with Gasteiger partial charge in [-0.1, -0.05) is 84.4 Å². The molecule has 0 heterocycles. The number of hydrogen-bond donors (Lipinski definition) is 0. The van der Waals surface area contributed by atoms with Crippen molar-refractivity contribution in [2.24, 2.45) is 0 Å². The lowest BCUT2D eigenvalue weighted by atomic mass is 9.91. The Hall–Kier alpha value is -3.17. The summed E-state index contributed by atoms with van der Waals surface area (Å²) in [7, 11) is 0. The smallest absolute Gasteiger partial charge is 0.209 e. The Morgan fingerprint density at radius 2 is 1.29 bits per heavy atom. The molecule has 3 nitrogen and oxygen atoms in total. The van der Waals surface area contributed by atoms with E-state index in [1.807, 2.05) is 65.6 Å². The zero-order chi connectivity index (χ0) is 19.5. The van der Waals surface area contributed by atoms with E-state index >= 15 is 0 Å². The van der Waals surface area contributed by atoms with E-state index in [1.54, 1.807) is 18.2 Å². The van der Waals surface area contributed by atoms with Gasteiger partial charge < -0.3 is 4.90 Å². The number of nitrogens with zero attached hydrogens (tertiary/aromatic N) is 1. The fraction of sp³-hybridized carbons (Fsp3) is 0.0833. The molecule has 3 aromatic rings. The average Bonchev–Trinajstić information content (AvgIpc) is 2.72. The van der Waals surface area contributed by atoms with Crippen molar-refractivity contribution in [3.63, 3.8) is 0 Å². The quantitative estimate of drug-likeness (QED) is 0.595. The number of carbonyl (C=O) groups is 2. The molecule has 138 valence electrons. The minimum absolute atomic E-state index is 0.177. The van der Waals surface area contributed by atoms with E-state index in [0.29, 0.717) is 29.4 Å². The number of fused-ring (bicyclic) bond motifs is 1. The maximum atomic E-state index is 13.2. The Kier molecular flexibility index (Phi) is 5.09. The van der Waals surface area contributed by atoms with E-state index < -0.39 is 0 Å². The third-order valence-electron chi connectivity index (χ3n) is 4.78. The minimum atomic E-state index is -0.235. The lowest BCUT2D eigenvalue weighted by Gasteiger charge is -2.29. The number of rotatable bonds is 5. The molecule has 0 spiro atoms. The number of benzene rings is 3. The third-order valence-corrected chi connectivity index (χ3v) is 5.09. The van der Waals surface area contributed by atoms with Crippen molar-refractivity contribution in [3.05, 3.63) is 118 Å². The van der Waals surface area contributed by atoms with E-state index in [1.165, 1.54) is 6.08 Å². The van der Waals surface area contributed by atoms with Gasteiger partial charge in [0.05, 0.1) is 16.3 Å². The van der Waals surface area contributed by atoms with Crippen molar-refractivity contribution < 1.29 is 9.59 Å². The average molecular weight is 388 g/mol. The van der Waals surface area contributed by atoms with Crippen molar-refractivity contribution in [2.45, 2.75) is 13.1 Å². The molecule has 0 aliphatic heterocycles. The van der Waals surface area contributed by atoms with Gasteiger partial charge in [0.25, 0.3) is 0 Å². The molecule has 0 fully saturated rings. The number of Topliss-reactive ketones (excluding diaryl/α,β-unsaturated/α-hetero) is 1. The molecule has 0 radical (unpaired) electrons. The van der Waals surface area contributed by atoms with Gasteiger partial charge in [0.1, 0.15) is 0 Å². The Morgan fingerprint density at radius 1 is 0.714 bits per heavy atom. The monoisotopic (exact) mass is 387 g/mol. The van der Waals surface area contributed by atoms with Crippen LogP contribution >= 0.6 is 11.6 Å². The van der Waals surface area contributed by atoms with Gasteiger partial charge in [-0.3, -0.25) is 9.59 Å². The number of ketones is 2.